The normalized spacial score (nSPS) is 11.6. The van der Waals surface area contributed by atoms with E-state index < -0.39 is 10.8 Å². The molecule has 0 bridgehead atoms. The lowest BCUT2D eigenvalue weighted by molar-refractivity contribution is -0.384. The Hall–Kier alpha value is -4.17. The Bertz CT molecular complexity index is 1490. The predicted molar refractivity (Wildman–Crippen MR) is 132 cm³/mol. The van der Waals surface area contributed by atoms with Gasteiger partial charge in [-0.05, 0) is 35.2 Å². The number of amides is 1. The maximum atomic E-state index is 13.4. The minimum atomic E-state index is -0.591. The molecule has 0 fully saturated rings. The zero-order chi connectivity index (χ0) is 24.2. The Morgan fingerprint density at radius 2 is 1.62 bits per heavy atom. The van der Waals surface area contributed by atoms with Crippen molar-refractivity contribution in [3.63, 3.8) is 0 Å². The van der Waals surface area contributed by atoms with Crippen LogP contribution >= 0.6 is 11.3 Å². The number of para-hydroxylation sites is 1. The second kappa shape index (κ2) is 9.76. The lowest BCUT2D eigenvalue weighted by atomic mass is 10.0. The first-order valence-corrected chi connectivity index (χ1v) is 11.4. The molecule has 0 spiro atoms. The van der Waals surface area contributed by atoms with E-state index in [9.17, 15) is 19.7 Å². The fourth-order valence-corrected chi connectivity index (χ4v) is 4.56. The molecule has 0 saturated carbocycles. The van der Waals surface area contributed by atoms with E-state index in [4.69, 9.17) is 0 Å². The molecule has 0 atom stereocenters. The molecule has 4 aromatic rings. The van der Waals surface area contributed by atoms with Crippen LogP contribution in [0, 0.1) is 10.1 Å². The summed E-state index contributed by atoms with van der Waals surface area (Å²) in [7, 11) is 0. The van der Waals surface area contributed by atoms with Gasteiger partial charge in [-0.25, -0.2) is 0 Å². The predicted octanol–water partition coefficient (Wildman–Crippen LogP) is 5.34. The molecular formula is C26H21N3O4S. The minimum absolute atomic E-state index is 0.117. The number of nitrogens with zero attached hydrogens (tertiary/aromatic N) is 3. The van der Waals surface area contributed by atoms with Crippen LogP contribution in [-0.4, -0.2) is 15.4 Å². The fourth-order valence-electron chi connectivity index (χ4n) is 3.54. The third-order valence-electron chi connectivity index (χ3n) is 5.25. The SMILES string of the molecule is CC(C)c1ccccc1-n1c(=O)cc(-c2ccccc2)sc1=NC(=O)c1ccc([N+](=O)[O-])cc1. The average Bonchev–Trinajstić information content (AvgIpc) is 2.84. The molecular weight excluding hydrogens is 450 g/mol. The summed E-state index contributed by atoms with van der Waals surface area (Å²) in [5.74, 6) is -0.452. The van der Waals surface area contributed by atoms with Crippen molar-refractivity contribution in [3.8, 4) is 16.1 Å². The Morgan fingerprint density at radius 1 is 0.971 bits per heavy atom. The van der Waals surface area contributed by atoms with E-state index >= 15 is 0 Å². The Kier molecular flexibility index (Phi) is 6.60. The molecule has 0 aliphatic carbocycles. The van der Waals surface area contributed by atoms with E-state index in [-0.39, 0.29) is 27.5 Å². The van der Waals surface area contributed by atoms with Crippen LogP contribution in [0.15, 0.2) is 94.7 Å². The van der Waals surface area contributed by atoms with Crippen molar-refractivity contribution < 1.29 is 9.72 Å². The standard InChI is InChI=1S/C26H21N3O4S/c1-17(2)21-10-6-7-11-22(21)28-24(30)16-23(18-8-4-3-5-9-18)34-26(28)27-25(31)19-12-14-20(15-13-19)29(32)33/h3-17H,1-2H3. The van der Waals surface area contributed by atoms with Crippen LogP contribution in [0.5, 0.6) is 0 Å². The van der Waals surface area contributed by atoms with Gasteiger partial charge in [-0.2, -0.15) is 4.99 Å². The molecule has 1 amide bonds. The summed E-state index contributed by atoms with van der Waals surface area (Å²) in [5.41, 5.74) is 2.22. The molecule has 0 aliphatic rings. The van der Waals surface area contributed by atoms with Crippen molar-refractivity contribution in [2.45, 2.75) is 19.8 Å². The highest BCUT2D eigenvalue weighted by Crippen LogP contribution is 2.24. The van der Waals surface area contributed by atoms with Gasteiger partial charge in [0, 0.05) is 28.6 Å². The zero-order valence-corrected chi connectivity index (χ0v) is 19.4. The third kappa shape index (κ3) is 4.77. The van der Waals surface area contributed by atoms with Crippen molar-refractivity contribution in [1.82, 2.24) is 4.57 Å². The van der Waals surface area contributed by atoms with Crippen LogP contribution < -0.4 is 10.4 Å². The molecule has 170 valence electrons. The number of aromatic nitrogens is 1. The molecule has 8 heteroatoms. The summed E-state index contributed by atoms with van der Waals surface area (Å²) in [4.78, 5) is 42.0. The Morgan fingerprint density at radius 3 is 2.26 bits per heavy atom. The van der Waals surface area contributed by atoms with E-state index in [0.717, 1.165) is 11.1 Å². The van der Waals surface area contributed by atoms with Crippen LogP contribution in [0.4, 0.5) is 5.69 Å². The van der Waals surface area contributed by atoms with Gasteiger partial charge in [-0.1, -0.05) is 73.7 Å². The molecule has 0 N–H and O–H groups in total. The average molecular weight is 472 g/mol. The van der Waals surface area contributed by atoms with Gasteiger partial charge in [-0.15, -0.1) is 0 Å². The van der Waals surface area contributed by atoms with Crippen LogP contribution in [-0.2, 0) is 0 Å². The zero-order valence-electron chi connectivity index (χ0n) is 18.5. The highest BCUT2D eigenvalue weighted by Gasteiger charge is 2.15. The van der Waals surface area contributed by atoms with Crippen LogP contribution in [0.1, 0.15) is 35.7 Å². The maximum Gasteiger partial charge on any atom is 0.279 e. The number of nitro benzene ring substituents is 1. The van der Waals surface area contributed by atoms with Crippen molar-refractivity contribution in [3.05, 3.63) is 121 Å². The molecule has 1 aromatic heterocycles. The number of benzene rings is 3. The molecule has 0 radical (unpaired) electrons. The summed E-state index contributed by atoms with van der Waals surface area (Å²) in [6.07, 6.45) is 0. The van der Waals surface area contributed by atoms with Crippen molar-refractivity contribution >= 4 is 22.9 Å². The van der Waals surface area contributed by atoms with Crippen molar-refractivity contribution in [1.29, 1.82) is 0 Å². The molecule has 7 nitrogen and oxygen atoms in total. The van der Waals surface area contributed by atoms with E-state index in [0.29, 0.717) is 10.6 Å². The second-order valence-corrected chi connectivity index (χ2v) is 8.88. The smallest absolute Gasteiger partial charge is 0.269 e. The number of carbonyl (C=O) groups excluding carboxylic acids is 1. The molecule has 3 aromatic carbocycles. The first kappa shape index (κ1) is 23.0. The van der Waals surface area contributed by atoms with Crippen molar-refractivity contribution in [2.75, 3.05) is 0 Å². The second-order valence-electron chi connectivity index (χ2n) is 7.87. The first-order chi connectivity index (χ1) is 16.3. The van der Waals surface area contributed by atoms with E-state index in [2.05, 4.69) is 4.99 Å². The number of hydrogen-bond donors (Lipinski definition) is 0. The molecule has 0 aliphatic heterocycles. The maximum absolute atomic E-state index is 13.4. The van der Waals surface area contributed by atoms with Crippen LogP contribution in [0.3, 0.4) is 0 Å². The number of hydrogen-bond acceptors (Lipinski definition) is 5. The highest BCUT2D eigenvalue weighted by molar-refractivity contribution is 7.12. The molecule has 4 rings (SSSR count). The molecule has 0 saturated heterocycles. The lowest BCUT2D eigenvalue weighted by Crippen LogP contribution is -2.31. The summed E-state index contributed by atoms with van der Waals surface area (Å²) in [5, 5.41) is 10.9. The van der Waals surface area contributed by atoms with Crippen LogP contribution in [0.25, 0.3) is 16.1 Å². The van der Waals surface area contributed by atoms with Gasteiger partial charge < -0.3 is 0 Å². The third-order valence-corrected chi connectivity index (χ3v) is 6.28. The van der Waals surface area contributed by atoms with Gasteiger partial charge in [0.1, 0.15) is 0 Å². The Labute approximate surface area is 199 Å². The number of nitro groups is 1. The van der Waals surface area contributed by atoms with Gasteiger partial charge >= 0.3 is 0 Å². The molecule has 34 heavy (non-hydrogen) atoms. The lowest BCUT2D eigenvalue weighted by Gasteiger charge is -2.15. The van der Waals surface area contributed by atoms with Crippen molar-refractivity contribution in [2.24, 2.45) is 4.99 Å². The summed E-state index contributed by atoms with van der Waals surface area (Å²) in [6.45, 7) is 4.06. The van der Waals surface area contributed by atoms with E-state index in [1.54, 1.807) is 6.07 Å². The molecule has 0 unspecified atom stereocenters. The summed E-state index contributed by atoms with van der Waals surface area (Å²) < 4.78 is 1.45. The largest absolute Gasteiger partial charge is 0.279 e. The van der Waals surface area contributed by atoms with Gasteiger partial charge in [0.05, 0.1) is 10.6 Å². The van der Waals surface area contributed by atoms with E-state index in [1.165, 1.54) is 40.2 Å². The number of rotatable bonds is 5. The first-order valence-electron chi connectivity index (χ1n) is 10.6. The number of non-ortho nitro benzene ring substituents is 1. The Balaban J connectivity index is 1.95. The topological polar surface area (TPSA) is 94.6 Å². The minimum Gasteiger partial charge on any atom is -0.269 e. The van der Waals surface area contributed by atoms with Crippen LogP contribution in [0.2, 0.25) is 0 Å². The van der Waals surface area contributed by atoms with Gasteiger partial charge in [0.2, 0.25) is 4.80 Å². The highest BCUT2D eigenvalue weighted by atomic mass is 32.1. The summed E-state index contributed by atoms with van der Waals surface area (Å²) in [6, 6.07) is 23.7. The quantitative estimate of drug-likeness (QED) is 0.290. The monoisotopic (exact) mass is 471 g/mol. The van der Waals surface area contributed by atoms with E-state index in [1.807, 2.05) is 68.4 Å². The summed E-state index contributed by atoms with van der Waals surface area (Å²) >= 11 is 1.23. The van der Waals surface area contributed by atoms with Gasteiger partial charge in [0.25, 0.3) is 17.2 Å². The fraction of sp³-hybridized carbons (Fsp3) is 0.115. The molecule has 1 heterocycles. The van der Waals surface area contributed by atoms with Gasteiger partial charge in [0.15, 0.2) is 0 Å². The van der Waals surface area contributed by atoms with Gasteiger partial charge in [-0.3, -0.25) is 24.3 Å². The number of carbonyl (C=O) groups is 1.